The zero-order valence-corrected chi connectivity index (χ0v) is 12.3. The number of hydrogen-bond donors (Lipinski definition) is 0. The second kappa shape index (κ2) is 7.33. The van der Waals surface area contributed by atoms with Crippen LogP contribution in [-0.2, 0) is 9.53 Å². The monoisotopic (exact) mass is 312 g/mol. The fourth-order valence-electron chi connectivity index (χ4n) is 2.70. The van der Waals surface area contributed by atoms with E-state index in [1.165, 1.54) is 7.11 Å². The van der Waals surface area contributed by atoms with E-state index in [-0.39, 0.29) is 29.8 Å². The Morgan fingerprint density at radius 1 is 1.23 bits per heavy atom. The number of hydrogen-bond acceptors (Lipinski definition) is 4. The number of rotatable bonds is 5. The zero-order chi connectivity index (χ0) is 16.1. The lowest BCUT2D eigenvalue weighted by molar-refractivity contribution is -0.146. The van der Waals surface area contributed by atoms with E-state index in [0.29, 0.717) is 6.61 Å². The number of benzene rings is 1. The van der Waals surface area contributed by atoms with Crippen molar-refractivity contribution in [2.75, 3.05) is 13.7 Å². The van der Waals surface area contributed by atoms with Gasteiger partial charge in [-0.1, -0.05) is 0 Å². The molecule has 0 heterocycles. The van der Waals surface area contributed by atoms with E-state index in [1.54, 1.807) is 0 Å². The second-order valence-corrected chi connectivity index (χ2v) is 5.47. The summed E-state index contributed by atoms with van der Waals surface area (Å²) in [6.45, 7) is 0.327. The van der Waals surface area contributed by atoms with Gasteiger partial charge in [0.25, 0.3) is 0 Å². The molecular weight excluding hydrogens is 294 g/mol. The average Bonchev–Trinajstić information content (AvgIpc) is 2.52. The first-order valence-corrected chi connectivity index (χ1v) is 7.20. The molecule has 0 N–H and O–H groups in total. The van der Waals surface area contributed by atoms with Gasteiger partial charge in [-0.05, 0) is 31.6 Å². The van der Waals surface area contributed by atoms with E-state index in [4.69, 9.17) is 9.47 Å². The summed E-state index contributed by atoms with van der Waals surface area (Å²) in [6.07, 6.45) is 3.21. The molecule has 0 spiro atoms. The third kappa shape index (κ3) is 3.81. The molecule has 22 heavy (non-hydrogen) atoms. The molecule has 0 atom stereocenters. The number of aldehydes is 1. The maximum Gasteiger partial charge on any atom is 0.308 e. The Labute approximate surface area is 127 Å². The predicted molar refractivity (Wildman–Crippen MR) is 74.7 cm³/mol. The Hall–Kier alpha value is -1.98. The lowest BCUT2D eigenvalue weighted by Crippen LogP contribution is -2.25. The smallest absolute Gasteiger partial charge is 0.308 e. The zero-order valence-electron chi connectivity index (χ0n) is 12.3. The van der Waals surface area contributed by atoms with Crippen LogP contribution in [0, 0.1) is 23.5 Å². The summed E-state index contributed by atoms with van der Waals surface area (Å²) in [4.78, 5) is 21.9. The molecule has 6 heteroatoms. The van der Waals surface area contributed by atoms with Gasteiger partial charge in [-0.2, -0.15) is 0 Å². The standard InChI is InChI=1S/C16H18F2O4/c1-21-16(20)11-4-2-10(3-5-11)9-22-12-6-14(17)13(8-19)15(18)7-12/h6-8,10-11H,2-5,9H2,1H3. The molecule has 1 saturated carbocycles. The fraction of sp³-hybridized carbons (Fsp3) is 0.500. The molecule has 0 aromatic heterocycles. The van der Waals surface area contributed by atoms with Crippen LogP contribution in [0.5, 0.6) is 5.75 Å². The number of carbonyl (C=O) groups excluding carboxylic acids is 2. The summed E-state index contributed by atoms with van der Waals surface area (Å²) >= 11 is 0. The Morgan fingerprint density at radius 2 is 1.82 bits per heavy atom. The lowest BCUT2D eigenvalue weighted by atomic mass is 9.82. The number of ether oxygens (including phenoxy) is 2. The summed E-state index contributed by atoms with van der Waals surface area (Å²) in [7, 11) is 1.38. The third-order valence-electron chi connectivity index (χ3n) is 4.04. The molecule has 2 rings (SSSR count). The van der Waals surface area contributed by atoms with Crippen LogP contribution in [0.15, 0.2) is 12.1 Å². The van der Waals surface area contributed by atoms with Crippen molar-refractivity contribution in [2.24, 2.45) is 11.8 Å². The normalized spacial score (nSPS) is 21.2. The van der Waals surface area contributed by atoms with E-state index >= 15 is 0 Å². The summed E-state index contributed by atoms with van der Waals surface area (Å²) in [5, 5.41) is 0. The first-order chi connectivity index (χ1) is 10.5. The SMILES string of the molecule is COC(=O)C1CCC(COc2cc(F)c(C=O)c(F)c2)CC1. The van der Waals surface area contributed by atoms with E-state index in [0.717, 1.165) is 37.8 Å². The van der Waals surface area contributed by atoms with Crippen molar-refractivity contribution in [3.63, 3.8) is 0 Å². The van der Waals surface area contributed by atoms with Gasteiger partial charge in [-0.25, -0.2) is 8.78 Å². The quantitative estimate of drug-likeness (QED) is 0.619. The van der Waals surface area contributed by atoms with Crippen LogP contribution in [0.4, 0.5) is 8.78 Å². The summed E-state index contributed by atoms with van der Waals surface area (Å²) in [6, 6.07) is 2.01. The van der Waals surface area contributed by atoms with E-state index < -0.39 is 17.2 Å². The van der Waals surface area contributed by atoms with Crippen LogP contribution in [0.2, 0.25) is 0 Å². The van der Waals surface area contributed by atoms with Gasteiger partial charge in [0.05, 0.1) is 25.2 Å². The Morgan fingerprint density at radius 3 is 2.32 bits per heavy atom. The van der Waals surface area contributed by atoms with Crippen LogP contribution in [-0.4, -0.2) is 26.0 Å². The highest BCUT2D eigenvalue weighted by Crippen LogP contribution is 2.30. The van der Waals surface area contributed by atoms with Gasteiger partial charge in [0.2, 0.25) is 0 Å². The highest BCUT2D eigenvalue weighted by Gasteiger charge is 2.27. The first-order valence-electron chi connectivity index (χ1n) is 7.20. The molecular formula is C16H18F2O4. The van der Waals surface area contributed by atoms with Crippen molar-refractivity contribution in [3.8, 4) is 5.75 Å². The second-order valence-electron chi connectivity index (χ2n) is 5.47. The van der Waals surface area contributed by atoms with Crippen LogP contribution in [0.25, 0.3) is 0 Å². The minimum atomic E-state index is -0.931. The van der Waals surface area contributed by atoms with Crippen molar-refractivity contribution in [1.82, 2.24) is 0 Å². The van der Waals surface area contributed by atoms with Gasteiger partial charge in [-0.15, -0.1) is 0 Å². The molecule has 0 radical (unpaired) electrons. The van der Waals surface area contributed by atoms with Crippen LogP contribution in [0.3, 0.4) is 0 Å². The van der Waals surface area contributed by atoms with Crippen molar-refractivity contribution in [3.05, 3.63) is 29.3 Å². The highest BCUT2D eigenvalue weighted by molar-refractivity contribution is 5.76. The topological polar surface area (TPSA) is 52.6 Å². The van der Waals surface area contributed by atoms with Gasteiger partial charge < -0.3 is 9.47 Å². The largest absolute Gasteiger partial charge is 0.493 e. The van der Waals surface area contributed by atoms with Gasteiger partial charge in [0.1, 0.15) is 17.4 Å². The molecule has 1 aliphatic rings. The number of esters is 1. The van der Waals surface area contributed by atoms with E-state index in [9.17, 15) is 18.4 Å². The average molecular weight is 312 g/mol. The van der Waals surface area contributed by atoms with Crippen molar-refractivity contribution >= 4 is 12.3 Å². The molecule has 0 bridgehead atoms. The molecule has 1 aromatic carbocycles. The molecule has 120 valence electrons. The lowest BCUT2D eigenvalue weighted by Gasteiger charge is -2.26. The Kier molecular flexibility index (Phi) is 5.46. The molecule has 4 nitrogen and oxygen atoms in total. The Balaban J connectivity index is 1.87. The number of carbonyl (C=O) groups is 2. The molecule has 0 saturated heterocycles. The van der Waals surface area contributed by atoms with E-state index in [2.05, 4.69) is 0 Å². The van der Waals surface area contributed by atoms with Crippen molar-refractivity contribution < 1.29 is 27.8 Å². The summed E-state index contributed by atoms with van der Waals surface area (Å²) in [5.41, 5.74) is -0.592. The van der Waals surface area contributed by atoms with Crippen LogP contribution >= 0.6 is 0 Å². The van der Waals surface area contributed by atoms with Gasteiger partial charge in [-0.3, -0.25) is 9.59 Å². The number of halogens is 2. The molecule has 1 fully saturated rings. The van der Waals surface area contributed by atoms with E-state index in [1.807, 2.05) is 0 Å². The molecule has 0 aliphatic heterocycles. The van der Waals surface area contributed by atoms with Crippen LogP contribution < -0.4 is 4.74 Å². The van der Waals surface area contributed by atoms with Gasteiger partial charge >= 0.3 is 5.97 Å². The summed E-state index contributed by atoms with van der Waals surface area (Å²) < 4.78 is 37.0. The summed E-state index contributed by atoms with van der Waals surface area (Å²) in [5.74, 6) is -1.82. The van der Waals surface area contributed by atoms with Gasteiger partial charge in [0, 0.05) is 12.1 Å². The minimum absolute atomic E-state index is 0.0655. The van der Waals surface area contributed by atoms with Crippen molar-refractivity contribution in [2.45, 2.75) is 25.7 Å². The highest BCUT2D eigenvalue weighted by atomic mass is 19.1. The molecule has 0 unspecified atom stereocenters. The maximum atomic E-state index is 13.5. The third-order valence-corrected chi connectivity index (χ3v) is 4.04. The fourth-order valence-corrected chi connectivity index (χ4v) is 2.70. The molecule has 1 aliphatic carbocycles. The Bertz CT molecular complexity index is 528. The molecule has 0 amide bonds. The predicted octanol–water partition coefficient (Wildman–Crippen LogP) is 3.14. The van der Waals surface area contributed by atoms with Crippen LogP contribution in [0.1, 0.15) is 36.0 Å². The molecule has 1 aromatic rings. The minimum Gasteiger partial charge on any atom is -0.493 e. The van der Waals surface area contributed by atoms with Crippen molar-refractivity contribution in [1.29, 1.82) is 0 Å². The first kappa shape index (κ1) is 16.4. The van der Waals surface area contributed by atoms with Gasteiger partial charge in [0.15, 0.2) is 6.29 Å². The maximum absolute atomic E-state index is 13.5. The number of methoxy groups -OCH3 is 1.